The Kier molecular flexibility index (Phi) is 2.68. The maximum Gasteiger partial charge on any atom is 0.356 e. The Morgan fingerprint density at radius 2 is 2.28 bits per heavy atom. The van der Waals surface area contributed by atoms with Gasteiger partial charge in [0.2, 0.25) is 0 Å². The molecule has 0 unspecified atom stereocenters. The van der Waals surface area contributed by atoms with E-state index in [4.69, 9.17) is 0 Å². The van der Waals surface area contributed by atoms with Crippen molar-refractivity contribution in [3.63, 3.8) is 0 Å². The molecule has 18 heavy (non-hydrogen) atoms. The van der Waals surface area contributed by atoms with Gasteiger partial charge >= 0.3 is 5.97 Å². The van der Waals surface area contributed by atoms with Gasteiger partial charge in [0.15, 0.2) is 11.5 Å². The van der Waals surface area contributed by atoms with E-state index >= 15 is 0 Å². The van der Waals surface area contributed by atoms with Crippen molar-refractivity contribution in [2.24, 2.45) is 0 Å². The molecule has 0 spiro atoms. The van der Waals surface area contributed by atoms with E-state index in [0.717, 1.165) is 9.35 Å². The zero-order valence-corrected chi connectivity index (χ0v) is 11.4. The quantitative estimate of drug-likeness (QED) is 0.785. The summed E-state index contributed by atoms with van der Waals surface area (Å²) in [5.74, 6) is -0.363. The minimum atomic E-state index is -1.02. The molecule has 0 bridgehead atoms. The van der Waals surface area contributed by atoms with Gasteiger partial charge in [0.25, 0.3) is 0 Å². The number of rotatable bonds is 2. The predicted molar refractivity (Wildman–Crippen MR) is 73.2 cm³/mol. The number of carboxylic acid groups (broad SMARTS) is 1. The number of hydrogen-bond donors (Lipinski definition) is 1. The van der Waals surface area contributed by atoms with Gasteiger partial charge in [-0.2, -0.15) is 0 Å². The Labute approximate surface area is 115 Å². The zero-order valence-electron chi connectivity index (χ0n) is 9.00. The average Bonchev–Trinajstić information content (AvgIpc) is 2.93. The van der Waals surface area contributed by atoms with Gasteiger partial charge in [0.05, 0.1) is 10.4 Å². The SMILES string of the molecule is O=C(O)c1nc(-c2cccs2)n2ccc(Br)cc12. The van der Waals surface area contributed by atoms with Gasteiger partial charge < -0.3 is 5.11 Å². The number of halogens is 1. The van der Waals surface area contributed by atoms with Gasteiger partial charge in [-0.1, -0.05) is 22.0 Å². The van der Waals surface area contributed by atoms with Crippen molar-refractivity contribution >= 4 is 38.8 Å². The van der Waals surface area contributed by atoms with Gasteiger partial charge in [-0.05, 0) is 23.6 Å². The van der Waals surface area contributed by atoms with Crippen LogP contribution in [0.25, 0.3) is 16.2 Å². The molecule has 0 aliphatic rings. The van der Waals surface area contributed by atoms with E-state index in [1.54, 1.807) is 10.5 Å². The van der Waals surface area contributed by atoms with Gasteiger partial charge in [-0.15, -0.1) is 11.3 Å². The van der Waals surface area contributed by atoms with Crippen LogP contribution in [0.4, 0.5) is 0 Å². The number of carbonyl (C=O) groups is 1. The fourth-order valence-corrected chi connectivity index (χ4v) is 2.84. The fourth-order valence-electron chi connectivity index (χ4n) is 1.80. The molecule has 0 aromatic carbocycles. The third kappa shape index (κ3) is 1.74. The van der Waals surface area contributed by atoms with Crippen LogP contribution in [-0.2, 0) is 0 Å². The molecule has 3 heterocycles. The standard InChI is InChI=1S/C12H7BrN2O2S/c13-7-3-4-15-8(6-7)10(12(16)17)14-11(15)9-2-1-5-18-9/h1-6H,(H,16,17). The highest BCUT2D eigenvalue weighted by molar-refractivity contribution is 9.10. The first-order chi connectivity index (χ1) is 8.66. The monoisotopic (exact) mass is 322 g/mol. The molecule has 90 valence electrons. The van der Waals surface area contributed by atoms with Crippen LogP contribution in [0.2, 0.25) is 0 Å². The highest BCUT2D eigenvalue weighted by Gasteiger charge is 2.18. The molecule has 3 aromatic heterocycles. The molecule has 0 fully saturated rings. The lowest BCUT2D eigenvalue weighted by molar-refractivity contribution is 0.0693. The second-order valence-corrected chi connectivity index (χ2v) is 5.53. The molecule has 0 saturated heterocycles. The van der Waals surface area contributed by atoms with Gasteiger partial charge in [0, 0.05) is 10.7 Å². The molecule has 3 aromatic rings. The Hall–Kier alpha value is -1.66. The van der Waals surface area contributed by atoms with Crippen molar-refractivity contribution in [3.05, 3.63) is 46.0 Å². The van der Waals surface area contributed by atoms with Crippen LogP contribution in [0.15, 0.2) is 40.3 Å². The summed E-state index contributed by atoms with van der Waals surface area (Å²) in [5.41, 5.74) is 0.653. The normalized spacial score (nSPS) is 10.9. The topological polar surface area (TPSA) is 54.6 Å². The number of aromatic nitrogens is 2. The molecule has 0 radical (unpaired) electrons. The molecule has 0 atom stereocenters. The number of hydrogen-bond acceptors (Lipinski definition) is 3. The van der Waals surface area contributed by atoms with E-state index in [1.165, 1.54) is 11.3 Å². The largest absolute Gasteiger partial charge is 0.476 e. The molecule has 0 aliphatic heterocycles. The number of aromatic carboxylic acids is 1. The maximum absolute atomic E-state index is 11.2. The first-order valence-electron chi connectivity index (χ1n) is 5.11. The highest BCUT2D eigenvalue weighted by atomic mass is 79.9. The Balaban J connectivity index is 2.37. The molecule has 0 amide bonds. The molecular weight excluding hydrogens is 316 g/mol. The predicted octanol–water partition coefficient (Wildman–Crippen LogP) is 3.52. The first kappa shape index (κ1) is 11.4. The minimum Gasteiger partial charge on any atom is -0.476 e. The molecule has 4 nitrogen and oxygen atoms in total. The van der Waals surface area contributed by atoms with Crippen LogP contribution in [-0.4, -0.2) is 20.5 Å². The summed E-state index contributed by atoms with van der Waals surface area (Å²) in [6.45, 7) is 0. The summed E-state index contributed by atoms with van der Waals surface area (Å²) in [5, 5.41) is 11.1. The Morgan fingerprint density at radius 3 is 2.94 bits per heavy atom. The summed E-state index contributed by atoms with van der Waals surface area (Å²) in [7, 11) is 0. The second kappa shape index (κ2) is 4.22. The van der Waals surface area contributed by atoms with E-state index in [-0.39, 0.29) is 5.69 Å². The summed E-state index contributed by atoms with van der Waals surface area (Å²) in [4.78, 5) is 16.4. The second-order valence-electron chi connectivity index (χ2n) is 3.67. The molecule has 0 aliphatic carbocycles. The lowest BCUT2D eigenvalue weighted by Gasteiger charge is -1.98. The van der Waals surface area contributed by atoms with Crippen molar-refractivity contribution < 1.29 is 9.90 Å². The number of pyridine rings is 1. The minimum absolute atomic E-state index is 0.0692. The lowest BCUT2D eigenvalue weighted by Crippen LogP contribution is -1.97. The Morgan fingerprint density at radius 1 is 1.44 bits per heavy atom. The van der Waals surface area contributed by atoms with Crippen LogP contribution in [0.5, 0.6) is 0 Å². The molecular formula is C12H7BrN2O2S. The molecule has 0 saturated carbocycles. The summed E-state index contributed by atoms with van der Waals surface area (Å²) in [6, 6.07) is 7.46. The van der Waals surface area contributed by atoms with E-state index < -0.39 is 5.97 Å². The number of thiophene rings is 1. The maximum atomic E-state index is 11.2. The van der Waals surface area contributed by atoms with Gasteiger partial charge in [0.1, 0.15) is 0 Å². The third-order valence-electron chi connectivity index (χ3n) is 2.55. The summed E-state index contributed by atoms with van der Waals surface area (Å²) in [6.07, 6.45) is 1.81. The van der Waals surface area contributed by atoms with E-state index in [1.807, 2.05) is 29.8 Å². The van der Waals surface area contributed by atoms with Crippen molar-refractivity contribution in [3.8, 4) is 10.7 Å². The van der Waals surface area contributed by atoms with Crippen LogP contribution in [0.3, 0.4) is 0 Å². The fraction of sp³-hybridized carbons (Fsp3) is 0. The molecule has 1 N–H and O–H groups in total. The van der Waals surface area contributed by atoms with E-state index in [2.05, 4.69) is 20.9 Å². The highest BCUT2D eigenvalue weighted by Crippen LogP contribution is 2.28. The summed E-state index contributed by atoms with van der Waals surface area (Å²) >= 11 is 4.87. The average molecular weight is 323 g/mol. The van der Waals surface area contributed by atoms with Crippen LogP contribution in [0.1, 0.15) is 10.5 Å². The van der Waals surface area contributed by atoms with Crippen LogP contribution >= 0.6 is 27.3 Å². The smallest absolute Gasteiger partial charge is 0.356 e. The zero-order chi connectivity index (χ0) is 12.7. The molecule has 3 rings (SSSR count). The number of fused-ring (bicyclic) bond motifs is 1. The van der Waals surface area contributed by atoms with Gasteiger partial charge in [-0.25, -0.2) is 9.78 Å². The van der Waals surface area contributed by atoms with Crippen LogP contribution in [0, 0.1) is 0 Å². The first-order valence-corrected chi connectivity index (χ1v) is 6.79. The third-order valence-corrected chi connectivity index (χ3v) is 3.91. The van der Waals surface area contributed by atoms with Gasteiger partial charge in [-0.3, -0.25) is 4.40 Å². The molecule has 6 heteroatoms. The van der Waals surface area contributed by atoms with Crippen molar-refractivity contribution in [1.29, 1.82) is 0 Å². The number of nitrogens with zero attached hydrogens (tertiary/aromatic N) is 2. The summed E-state index contributed by atoms with van der Waals surface area (Å²) < 4.78 is 2.62. The van der Waals surface area contributed by atoms with E-state index in [0.29, 0.717) is 11.3 Å². The van der Waals surface area contributed by atoms with Crippen LogP contribution < -0.4 is 0 Å². The Bertz CT molecular complexity index is 734. The van der Waals surface area contributed by atoms with Crippen molar-refractivity contribution in [2.75, 3.05) is 0 Å². The number of carboxylic acids is 1. The van der Waals surface area contributed by atoms with Crippen molar-refractivity contribution in [1.82, 2.24) is 9.38 Å². The lowest BCUT2D eigenvalue weighted by atomic mass is 10.3. The number of imidazole rings is 1. The van der Waals surface area contributed by atoms with Crippen molar-refractivity contribution in [2.45, 2.75) is 0 Å². The van der Waals surface area contributed by atoms with E-state index in [9.17, 15) is 9.90 Å².